The van der Waals surface area contributed by atoms with Crippen LogP contribution in [0.25, 0.3) is 0 Å². The van der Waals surface area contributed by atoms with E-state index in [-0.39, 0.29) is 5.69 Å². The quantitative estimate of drug-likeness (QED) is 0.682. The third-order valence-electron chi connectivity index (χ3n) is 2.66. The van der Waals surface area contributed by atoms with Gasteiger partial charge in [0, 0.05) is 18.0 Å². The lowest BCUT2D eigenvalue weighted by atomic mass is 10.2. The van der Waals surface area contributed by atoms with Crippen molar-refractivity contribution in [3.8, 4) is 0 Å². The number of hydrogen-bond acceptors (Lipinski definition) is 3. The Morgan fingerprint density at radius 3 is 2.55 bits per heavy atom. The summed E-state index contributed by atoms with van der Waals surface area (Å²) in [6.45, 7) is 1.69. The smallest absolute Gasteiger partial charge is 0.278 e. The molecule has 1 aromatic carbocycles. The molecule has 0 aliphatic rings. The fourth-order valence-electron chi connectivity index (χ4n) is 1.61. The molecule has 0 spiro atoms. The van der Waals surface area contributed by atoms with E-state index >= 15 is 0 Å². The van der Waals surface area contributed by atoms with E-state index in [0.29, 0.717) is 5.71 Å². The van der Waals surface area contributed by atoms with Gasteiger partial charge in [0.25, 0.3) is 0 Å². The van der Waals surface area contributed by atoms with Gasteiger partial charge in [0.05, 0.1) is 17.0 Å². The molecule has 0 unspecified atom stereocenters. The van der Waals surface area contributed by atoms with Crippen LogP contribution >= 0.6 is 0 Å². The van der Waals surface area contributed by atoms with Gasteiger partial charge in [-0.25, -0.2) is 0 Å². The van der Waals surface area contributed by atoms with Gasteiger partial charge in [-0.05, 0) is 25.1 Å². The van der Waals surface area contributed by atoms with E-state index in [1.807, 2.05) is 0 Å². The van der Waals surface area contributed by atoms with Crippen molar-refractivity contribution in [2.45, 2.75) is 13.1 Å². The summed E-state index contributed by atoms with van der Waals surface area (Å²) in [6, 6.07) is 8.72. The molecule has 0 saturated heterocycles. The normalized spacial score (nSPS) is 12.3. The maximum Gasteiger partial charge on any atom is 0.418 e. The molecule has 3 nitrogen and oxygen atoms in total. The second-order valence-corrected chi connectivity index (χ2v) is 4.09. The van der Waals surface area contributed by atoms with Crippen molar-refractivity contribution in [3.63, 3.8) is 0 Å². The summed E-state index contributed by atoms with van der Waals surface area (Å²) in [5, 5.41) is 3.97. The molecule has 0 atom stereocenters. The number of hydrogen-bond donors (Lipinski definition) is 1. The number of alkyl halides is 3. The number of rotatable bonds is 3. The SMILES string of the molecule is C/C(=N/Nc1ccccc1C(F)(F)F)c1cccnc1. The van der Waals surface area contributed by atoms with Crippen molar-refractivity contribution < 1.29 is 13.2 Å². The topological polar surface area (TPSA) is 37.3 Å². The van der Waals surface area contributed by atoms with Crippen LogP contribution in [0.4, 0.5) is 18.9 Å². The molecule has 1 heterocycles. The van der Waals surface area contributed by atoms with Crippen molar-refractivity contribution in [1.29, 1.82) is 0 Å². The molecule has 20 heavy (non-hydrogen) atoms. The van der Waals surface area contributed by atoms with Crippen LogP contribution in [0.15, 0.2) is 53.9 Å². The van der Waals surface area contributed by atoms with Crippen molar-refractivity contribution in [1.82, 2.24) is 4.98 Å². The molecular formula is C14H12F3N3. The molecule has 2 rings (SSSR count). The molecule has 6 heteroatoms. The van der Waals surface area contributed by atoms with Crippen LogP contribution in [-0.2, 0) is 6.18 Å². The number of nitrogens with zero attached hydrogens (tertiary/aromatic N) is 2. The lowest BCUT2D eigenvalue weighted by Gasteiger charge is -2.12. The highest BCUT2D eigenvalue weighted by molar-refractivity contribution is 5.98. The zero-order valence-corrected chi connectivity index (χ0v) is 10.6. The molecule has 2 aromatic rings. The van der Waals surface area contributed by atoms with Gasteiger partial charge in [-0.15, -0.1) is 0 Å². The molecule has 0 fully saturated rings. The van der Waals surface area contributed by atoms with Crippen LogP contribution in [-0.4, -0.2) is 10.7 Å². The third-order valence-corrected chi connectivity index (χ3v) is 2.66. The number of pyridine rings is 1. The van der Waals surface area contributed by atoms with Gasteiger partial charge in [-0.3, -0.25) is 10.4 Å². The van der Waals surface area contributed by atoms with Gasteiger partial charge in [0.1, 0.15) is 0 Å². The Morgan fingerprint density at radius 2 is 1.90 bits per heavy atom. The van der Waals surface area contributed by atoms with Crippen LogP contribution in [0.5, 0.6) is 0 Å². The zero-order chi connectivity index (χ0) is 14.6. The van der Waals surface area contributed by atoms with E-state index in [1.165, 1.54) is 18.2 Å². The van der Waals surface area contributed by atoms with Crippen molar-refractivity contribution in [2.75, 3.05) is 5.43 Å². The summed E-state index contributed by atoms with van der Waals surface area (Å²) in [5.74, 6) is 0. The largest absolute Gasteiger partial charge is 0.418 e. The fourth-order valence-corrected chi connectivity index (χ4v) is 1.61. The van der Waals surface area contributed by atoms with Gasteiger partial charge < -0.3 is 0 Å². The Kier molecular flexibility index (Phi) is 4.02. The minimum atomic E-state index is -4.42. The van der Waals surface area contributed by atoms with E-state index in [0.717, 1.165) is 11.6 Å². The molecule has 0 aliphatic carbocycles. The highest BCUT2D eigenvalue weighted by Gasteiger charge is 2.33. The average Bonchev–Trinajstić information content (AvgIpc) is 2.45. The lowest BCUT2D eigenvalue weighted by molar-refractivity contribution is -0.136. The van der Waals surface area contributed by atoms with Crippen molar-refractivity contribution >= 4 is 11.4 Å². The van der Waals surface area contributed by atoms with E-state index in [4.69, 9.17) is 0 Å². The molecule has 0 radical (unpaired) electrons. The summed E-state index contributed by atoms with van der Waals surface area (Å²) >= 11 is 0. The molecule has 0 amide bonds. The number of hydrazone groups is 1. The van der Waals surface area contributed by atoms with Crippen LogP contribution < -0.4 is 5.43 Å². The molecule has 0 aliphatic heterocycles. The van der Waals surface area contributed by atoms with Crippen LogP contribution in [0, 0.1) is 0 Å². The van der Waals surface area contributed by atoms with E-state index in [9.17, 15) is 13.2 Å². The predicted octanol–water partition coefficient (Wildman–Crippen LogP) is 3.94. The first kappa shape index (κ1) is 14.0. The van der Waals surface area contributed by atoms with Gasteiger partial charge in [0.15, 0.2) is 0 Å². The fraction of sp³-hybridized carbons (Fsp3) is 0.143. The monoisotopic (exact) mass is 279 g/mol. The molecule has 1 N–H and O–H groups in total. The molecule has 0 bridgehead atoms. The Morgan fingerprint density at radius 1 is 1.15 bits per heavy atom. The summed E-state index contributed by atoms with van der Waals surface area (Å²) < 4.78 is 38.4. The number of halogens is 3. The number of anilines is 1. The lowest BCUT2D eigenvalue weighted by Crippen LogP contribution is -2.09. The van der Waals surface area contributed by atoms with Gasteiger partial charge in [-0.2, -0.15) is 18.3 Å². The van der Waals surface area contributed by atoms with Crippen molar-refractivity contribution in [2.24, 2.45) is 5.10 Å². The summed E-state index contributed by atoms with van der Waals surface area (Å²) in [4.78, 5) is 3.93. The van der Waals surface area contributed by atoms with Gasteiger partial charge >= 0.3 is 6.18 Å². The number of aromatic nitrogens is 1. The Bertz CT molecular complexity index is 607. The first-order valence-corrected chi connectivity index (χ1v) is 5.85. The molecule has 0 saturated carbocycles. The number of para-hydroxylation sites is 1. The summed E-state index contributed by atoms with van der Waals surface area (Å²) in [7, 11) is 0. The zero-order valence-electron chi connectivity index (χ0n) is 10.6. The molecule has 1 aromatic heterocycles. The van der Waals surface area contributed by atoms with Gasteiger partial charge in [-0.1, -0.05) is 18.2 Å². The standard InChI is InChI=1S/C14H12F3N3/c1-10(11-5-4-8-18-9-11)19-20-13-7-3-2-6-12(13)14(15,16)17/h2-9,20H,1H3/b19-10-. The van der Waals surface area contributed by atoms with E-state index in [2.05, 4.69) is 15.5 Å². The van der Waals surface area contributed by atoms with Crippen LogP contribution in [0.3, 0.4) is 0 Å². The molecular weight excluding hydrogens is 267 g/mol. The number of benzene rings is 1. The molecule has 104 valence electrons. The maximum atomic E-state index is 12.8. The number of nitrogens with one attached hydrogen (secondary N) is 1. The second kappa shape index (κ2) is 5.73. The maximum absolute atomic E-state index is 12.8. The Labute approximate surface area is 114 Å². The minimum absolute atomic E-state index is 0.0803. The van der Waals surface area contributed by atoms with Crippen LogP contribution in [0.2, 0.25) is 0 Å². The Balaban J connectivity index is 2.24. The van der Waals surface area contributed by atoms with E-state index < -0.39 is 11.7 Å². The van der Waals surface area contributed by atoms with Crippen LogP contribution in [0.1, 0.15) is 18.1 Å². The third kappa shape index (κ3) is 3.34. The Hall–Kier alpha value is -2.37. The van der Waals surface area contributed by atoms with E-state index in [1.54, 1.807) is 31.5 Å². The minimum Gasteiger partial charge on any atom is -0.278 e. The summed E-state index contributed by atoms with van der Waals surface area (Å²) in [6.07, 6.45) is -1.21. The van der Waals surface area contributed by atoms with Gasteiger partial charge in [0.2, 0.25) is 0 Å². The summed E-state index contributed by atoms with van der Waals surface area (Å²) in [5.41, 5.74) is 2.92. The average molecular weight is 279 g/mol. The highest BCUT2D eigenvalue weighted by Crippen LogP contribution is 2.34. The first-order valence-electron chi connectivity index (χ1n) is 5.85. The first-order chi connectivity index (χ1) is 9.48. The highest BCUT2D eigenvalue weighted by atomic mass is 19.4. The predicted molar refractivity (Wildman–Crippen MR) is 71.5 cm³/mol. The van der Waals surface area contributed by atoms with Crippen molar-refractivity contribution in [3.05, 3.63) is 59.9 Å². The second-order valence-electron chi connectivity index (χ2n) is 4.09.